The number of benzene rings is 11. The number of para-hydroxylation sites is 8. The average molecular weight is 962 g/mol. The summed E-state index contributed by atoms with van der Waals surface area (Å²) >= 11 is 0. The molecule has 8 aliphatic rings. The molecule has 0 aromatic heterocycles. The molecule has 11 aromatic carbocycles. The smallest absolute Gasteiger partial charge is 0.256 e. The molecule has 0 radical (unpaired) electrons. The van der Waals surface area contributed by atoms with Crippen molar-refractivity contribution in [2.24, 2.45) is 0 Å². The Morgan fingerprint density at radius 3 is 1.11 bits per heavy atom. The van der Waals surface area contributed by atoms with Crippen LogP contribution in [0.15, 0.2) is 231 Å². The first kappa shape index (κ1) is 39.9. The maximum atomic E-state index is 7.54. The Balaban J connectivity index is 0.920. The van der Waals surface area contributed by atoms with Crippen LogP contribution in [0.3, 0.4) is 0 Å². The van der Waals surface area contributed by atoms with Crippen molar-refractivity contribution < 1.29 is 9.47 Å². The lowest BCUT2D eigenvalue weighted by Crippen LogP contribution is -2.69. The van der Waals surface area contributed by atoms with Gasteiger partial charge in [-0.05, 0) is 132 Å². The molecule has 76 heavy (non-hydrogen) atoms. The van der Waals surface area contributed by atoms with Crippen LogP contribution in [0, 0.1) is 0 Å². The number of ether oxygens (including phenoxy) is 2. The van der Waals surface area contributed by atoms with Crippen LogP contribution in [-0.4, -0.2) is 26.9 Å². The highest BCUT2D eigenvalue weighted by Gasteiger charge is 2.54. The van der Waals surface area contributed by atoms with Gasteiger partial charge in [-0.25, -0.2) is 0 Å². The van der Waals surface area contributed by atoms with Crippen molar-refractivity contribution in [1.29, 1.82) is 0 Å². The van der Waals surface area contributed by atoms with Gasteiger partial charge >= 0.3 is 0 Å². The Morgan fingerprint density at radius 1 is 0.224 bits per heavy atom. The fourth-order valence-corrected chi connectivity index (χ4v) is 15.2. The van der Waals surface area contributed by atoms with Gasteiger partial charge in [0, 0.05) is 80.4 Å². The lowest BCUT2D eigenvalue weighted by atomic mass is 9.27. The van der Waals surface area contributed by atoms with E-state index in [4.69, 9.17) is 9.47 Å². The first-order valence-electron chi connectivity index (χ1n) is 26.6. The molecule has 0 saturated heterocycles. The summed E-state index contributed by atoms with van der Waals surface area (Å²) < 4.78 is 14.5. The van der Waals surface area contributed by atoms with Gasteiger partial charge in [-0.15, -0.1) is 0 Å². The molecule has 0 saturated carbocycles. The minimum Gasteiger partial charge on any atom is -0.458 e. The molecule has 0 fully saturated rings. The normalized spacial score (nSPS) is 14.8. The molecule has 0 N–H and O–H groups in total. The summed E-state index contributed by atoms with van der Waals surface area (Å²) in [4.78, 5) is 10.2. The van der Waals surface area contributed by atoms with E-state index in [1.807, 2.05) is 0 Å². The van der Waals surface area contributed by atoms with E-state index in [9.17, 15) is 0 Å². The summed E-state index contributed by atoms with van der Waals surface area (Å²) in [5, 5.41) is 0. The van der Waals surface area contributed by atoms with Crippen LogP contribution in [0.5, 0.6) is 23.0 Å². The molecule has 0 spiro atoms. The third kappa shape index (κ3) is 4.81. The molecule has 346 valence electrons. The summed E-state index contributed by atoms with van der Waals surface area (Å²) in [5.74, 6) is 3.44. The summed E-state index contributed by atoms with van der Waals surface area (Å²) in [6.07, 6.45) is 0. The van der Waals surface area contributed by atoms with E-state index in [2.05, 4.69) is 250 Å². The van der Waals surface area contributed by atoms with Crippen molar-refractivity contribution in [1.82, 2.24) is 0 Å². The Bertz CT molecular complexity index is 4450. The average Bonchev–Trinajstić information content (AvgIpc) is 3.19. The van der Waals surface area contributed by atoms with Crippen molar-refractivity contribution in [3.05, 3.63) is 231 Å². The summed E-state index contributed by atoms with van der Waals surface area (Å²) in [5.41, 5.74) is 29.4. The standard InChI is InChI=1S/C66H38B4N4O2/c1-3-19-39(20-4-1)71-49-29-13-7-23-41(49)67-42-24-8-14-30-50(42)73-52-32-16-10-26-44(52)69-47-35-48-58(37-54(47)72(40-21-5-2-6-22-40)56-36-55(71)61(67)65(73)62(56)69)76-60-38-59-63-66-64(60)70(48)45-27-11-17-33-53(45)74(66)51-31-15-9-25-43(51)68(63)46-28-12-18-34-57(46)75-59/h1-38H. The Labute approximate surface area is 441 Å². The van der Waals surface area contributed by atoms with E-state index in [0.29, 0.717) is 0 Å². The van der Waals surface area contributed by atoms with Crippen LogP contribution in [0.25, 0.3) is 0 Å². The molecule has 0 bridgehead atoms. The highest BCUT2D eigenvalue weighted by Crippen LogP contribution is 2.51. The second-order valence-corrected chi connectivity index (χ2v) is 21.4. The topological polar surface area (TPSA) is 31.4 Å². The number of hydrogen-bond acceptors (Lipinski definition) is 6. The predicted octanol–water partition coefficient (Wildman–Crippen LogP) is 7.72. The number of hydrogen-bond donors (Lipinski definition) is 0. The molecule has 8 heterocycles. The van der Waals surface area contributed by atoms with Gasteiger partial charge in [0.15, 0.2) is 0 Å². The zero-order valence-corrected chi connectivity index (χ0v) is 40.9. The van der Waals surface area contributed by atoms with Gasteiger partial charge in [0.1, 0.15) is 23.0 Å². The van der Waals surface area contributed by atoms with Crippen LogP contribution in [0.4, 0.5) is 68.2 Å². The van der Waals surface area contributed by atoms with Gasteiger partial charge < -0.3 is 29.1 Å². The van der Waals surface area contributed by atoms with Crippen LogP contribution in [-0.2, 0) is 0 Å². The first-order chi connectivity index (χ1) is 37.8. The molecule has 0 aliphatic carbocycles. The summed E-state index contributed by atoms with van der Waals surface area (Å²) in [6.45, 7) is -0.200. The van der Waals surface area contributed by atoms with Crippen molar-refractivity contribution in [2.75, 3.05) is 19.6 Å². The van der Waals surface area contributed by atoms with Crippen molar-refractivity contribution in [3.8, 4) is 23.0 Å². The maximum Gasteiger partial charge on any atom is 0.256 e. The minimum atomic E-state index is -0.115. The molecule has 0 atom stereocenters. The van der Waals surface area contributed by atoms with Crippen molar-refractivity contribution >= 4 is 161 Å². The van der Waals surface area contributed by atoms with Gasteiger partial charge in [0.2, 0.25) is 0 Å². The van der Waals surface area contributed by atoms with Gasteiger partial charge in [-0.1, -0.05) is 152 Å². The maximum absolute atomic E-state index is 7.54. The SMILES string of the molecule is c1ccc(N2c3ccccc3B3c4ccccc4N4c5ccccc5B5c6cc7c(cc6N(c6ccccc6)c6cc2c3c4c65)Oc2cc3c4c5c2B7c2ccccc2N5c2ccccc2B4c2ccccc2O3)cc1. The van der Waals surface area contributed by atoms with E-state index in [0.717, 1.165) is 40.1 Å². The molecule has 10 heteroatoms. The second kappa shape index (κ2) is 14.2. The van der Waals surface area contributed by atoms with Crippen molar-refractivity contribution in [3.63, 3.8) is 0 Å². The van der Waals surface area contributed by atoms with E-state index in [-0.39, 0.29) is 26.9 Å². The molecule has 6 nitrogen and oxygen atoms in total. The summed E-state index contributed by atoms with van der Waals surface area (Å²) in [7, 11) is 0. The van der Waals surface area contributed by atoms with E-state index in [1.165, 1.54) is 117 Å². The van der Waals surface area contributed by atoms with Crippen LogP contribution in [0.1, 0.15) is 0 Å². The third-order valence-corrected chi connectivity index (χ3v) is 17.9. The third-order valence-electron chi connectivity index (χ3n) is 17.9. The van der Waals surface area contributed by atoms with Gasteiger partial charge in [-0.2, -0.15) is 0 Å². The van der Waals surface area contributed by atoms with Gasteiger partial charge in [0.05, 0.1) is 0 Å². The highest BCUT2D eigenvalue weighted by atomic mass is 16.5. The molecular formula is C66H38B4N4O2. The van der Waals surface area contributed by atoms with Crippen molar-refractivity contribution in [2.45, 2.75) is 0 Å². The molecule has 11 aromatic rings. The lowest BCUT2D eigenvalue weighted by molar-refractivity contribution is 0.466. The quantitative estimate of drug-likeness (QED) is 0.165. The van der Waals surface area contributed by atoms with Crippen LogP contribution < -0.4 is 94.6 Å². The Kier molecular flexibility index (Phi) is 7.46. The van der Waals surface area contributed by atoms with Crippen LogP contribution >= 0.6 is 0 Å². The lowest BCUT2D eigenvalue weighted by Gasteiger charge is -2.51. The van der Waals surface area contributed by atoms with E-state index in [1.54, 1.807) is 0 Å². The van der Waals surface area contributed by atoms with Gasteiger partial charge in [0.25, 0.3) is 26.9 Å². The Morgan fingerprint density at radius 2 is 0.592 bits per heavy atom. The monoisotopic (exact) mass is 962 g/mol. The van der Waals surface area contributed by atoms with E-state index >= 15 is 0 Å². The largest absolute Gasteiger partial charge is 0.458 e. The van der Waals surface area contributed by atoms with Gasteiger partial charge in [-0.3, -0.25) is 0 Å². The molecule has 0 unspecified atom stereocenters. The zero-order chi connectivity index (χ0) is 49.1. The molecule has 8 aliphatic heterocycles. The first-order valence-corrected chi connectivity index (χ1v) is 26.6. The number of rotatable bonds is 2. The summed E-state index contributed by atoms with van der Waals surface area (Å²) in [6, 6.07) is 85.7. The minimum absolute atomic E-state index is 0.00260. The number of anilines is 12. The Hall–Kier alpha value is -9.52. The zero-order valence-electron chi connectivity index (χ0n) is 40.9. The molecule has 19 rings (SSSR count). The number of fused-ring (bicyclic) bond motifs is 20. The fourth-order valence-electron chi connectivity index (χ4n) is 15.2. The molecule has 0 amide bonds. The molecular weight excluding hydrogens is 924 g/mol. The number of nitrogens with zero attached hydrogens (tertiary/aromatic N) is 4. The highest BCUT2D eigenvalue weighted by molar-refractivity contribution is 7.06. The van der Waals surface area contributed by atoms with Crippen LogP contribution in [0.2, 0.25) is 0 Å². The fraction of sp³-hybridized carbons (Fsp3) is 0. The predicted molar refractivity (Wildman–Crippen MR) is 317 cm³/mol. The second-order valence-electron chi connectivity index (χ2n) is 21.4. The van der Waals surface area contributed by atoms with E-state index < -0.39 is 0 Å².